The minimum Gasteiger partial charge on any atom is -0.171 e. The van der Waals surface area contributed by atoms with Gasteiger partial charge in [-0.25, -0.2) is 0 Å². The average molecular weight is 166 g/mol. The molecule has 0 bridgehead atoms. The second kappa shape index (κ2) is 2.14. The molecule has 0 amide bonds. The molecule has 0 saturated heterocycles. The lowest BCUT2D eigenvalue weighted by Gasteiger charge is -2.09. The monoisotopic (exact) mass is 166 g/mol. The van der Waals surface area contributed by atoms with Crippen molar-refractivity contribution >= 4 is 0 Å². The molecule has 0 aromatic carbocycles. The van der Waals surface area contributed by atoms with Gasteiger partial charge in [0.2, 0.25) is 0 Å². The fourth-order valence-electron chi connectivity index (χ4n) is 2.00. The second-order valence-corrected chi connectivity index (χ2v) is 3.67. The maximum atomic E-state index is 12.2. The van der Waals surface area contributed by atoms with Gasteiger partial charge in [-0.1, -0.05) is 20.8 Å². The summed E-state index contributed by atoms with van der Waals surface area (Å²) in [4.78, 5) is 0. The summed E-state index contributed by atoms with van der Waals surface area (Å²) in [7, 11) is 0. The van der Waals surface area contributed by atoms with E-state index in [9.17, 15) is 13.2 Å². The Balaban J connectivity index is 2.68. The van der Waals surface area contributed by atoms with Crippen molar-refractivity contribution in [3.05, 3.63) is 0 Å². The Kier molecular flexibility index (Phi) is 1.73. The number of hydrogen-bond acceptors (Lipinski definition) is 0. The molecule has 3 heteroatoms. The first-order valence-electron chi connectivity index (χ1n) is 3.90. The topological polar surface area (TPSA) is 0 Å². The minimum absolute atomic E-state index is 0.188. The molecule has 0 nitrogen and oxygen atoms in total. The van der Waals surface area contributed by atoms with Crippen molar-refractivity contribution in [3.8, 4) is 0 Å². The fraction of sp³-hybridized carbons (Fsp3) is 1.00. The van der Waals surface area contributed by atoms with Crippen LogP contribution in [0.1, 0.15) is 27.2 Å². The Bertz CT molecular complexity index is 161. The van der Waals surface area contributed by atoms with E-state index in [0.717, 1.165) is 0 Å². The molecule has 0 spiro atoms. The van der Waals surface area contributed by atoms with Gasteiger partial charge < -0.3 is 0 Å². The van der Waals surface area contributed by atoms with Crippen LogP contribution < -0.4 is 0 Å². The molecule has 1 aliphatic carbocycles. The lowest BCUT2D eigenvalue weighted by Crippen LogP contribution is -2.15. The van der Waals surface area contributed by atoms with Crippen LogP contribution in [0.25, 0.3) is 0 Å². The molecular weight excluding hydrogens is 153 g/mol. The van der Waals surface area contributed by atoms with E-state index in [0.29, 0.717) is 6.42 Å². The van der Waals surface area contributed by atoms with E-state index in [1.165, 1.54) is 0 Å². The minimum atomic E-state index is -3.98. The van der Waals surface area contributed by atoms with E-state index in [1.807, 2.05) is 6.92 Å². The van der Waals surface area contributed by atoms with Gasteiger partial charge in [0.05, 0.1) is 5.92 Å². The Morgan fingerprint density at radius 1 is 1.36 bits per heavy atom. The molecule has 0 aliphatic heterocycles. The van der Waals surface area contributed by atoms with Crippen LogP contribution in [0.2, 0.25) is 0 Å². The number of halogens is 3. The van der Waals surface area contributed by atoms with Crippen molar-refractivity contribution in [2.45, 2.75) is 33.4 Å². The van der Waals surface area contributed by atoms with Gasteiger partial charge in [0.1, 0.15) is 0 Å². The van der Waals surface area contributed by atoms with Crippen LogP contribution >= 0.6 is 0 Å². The van der Waals surface area contributed by atoms with Crippen molar-refractivity contribution < 1.29 is 13.2 Å². The maximum absolute atomic E-state index is 12.2. The average Bonchev–Trinajstić information content (AvgIpc) is 2.36. The van der Waals surface area contributed by atoms with Crippen molar-refractivity contribution in [2.75, 3.05) is 0 Å². The third-order valence-corrected chi connectivity index (χ3v) is 3.26. The summed E-state index contributed by atoms with van der Waals surface area (Å²) in [6.45, 7) is 5.22. The van der Waals surface area contributed by atoms with Gasteiger partial charge in [0.15, 0.2) is 0 Å². The molecule has 66 valence electrons. The second-order valence-electron chi connectivity index (χ2n) is 3.67. The molecule has 0 heterocycles. The van der Waals surface area contributed by atoms with Crippen LogP contribution in [0.5, 0.6) is 0 Å². The van der Waals surface area contributed by atoms with E-state index in [1.54, 1.807) is 13.8 Å². The van der Waals surface area contributed by atoms with Gasteiger partial charge in [0, 0.05) is 0 Å². The standard InChI is InChI=1S/C8H13F3/c1-4-7(3)5(2)6(7)8(9,10)11/h5-6H,4H2,1-3H3. The first kappa shape index (κ1) is 8.88. The first-order valence-corrected chi connectivity index (χ1v) is 3.90. The highest BCUT2D eigenvalue weighted by molar-refractivity contribution is 5.07. The van der Waals surface area contributed by atoms with E-state index in [2.05, 4.69) is 0 Å². The Labute approximate surface area is 64.8 Å². The van der Waals surface area contributed by atoms with Gasteiger partial charge in [-0.15, -0.1) is 0 Å². The molecule has 3 atom stereocenters. The van der Waals surface area contributed by atoms with Crippen molar-refractivity contribution in [1.29, 1.82) is 0 Å². The Morgan fingerprint density at radius 2 is 1.82 bits per heavy atom. The van der Waals surface area contributed by atoms with Crippen LogP contribution in [-0.4, -0.2) is 6.18 Å². The van der Waals surface area contributed by atoms with Crippen LogP contribution in [0.3, 0.4) is 0 Å². The highest BCUT2D eigenvalue weighted by Gasteiger charge is 2.68. The summed E-state index contributed by atoms with van der Waals surface area (Å²) in [6.07, 6.45) is -3.36. The van der Waals surface area contributed by atoms with Crippen LogP contribution in [-0.2, 0) is 0 Å². The van der Waals surface area contributed by atoms with Gasteiger partial charge >= 0.3 is 6.18 Å². The molecule has 3 unspecified atom stereocenters. The predicted octanol–water partition coefficient (Wildman–Crippen LogP) is 3.23. The van der Waals surface area contributed by atoms with Gasteiger partial charge in [-0.05, 0) is 17.8 Å². The zero-order valence-corrected chi connectivity index (χ0v) is 7.00. The molecule has 1 fully saturated rings. The molecule has 1 aliphatic rings. The van der Waals surface area contributed by atoms with Crippen LogP contribution in [0, 0.1) is 17.3 Å². The number of alkyl halides is 3. The normalized spacial score (nSPS) is 44.2. The lowest BCUT2D eigenvalue weighted by molar-refractivity contribution is -0.157. The highest BCUT2D eigenvalue weighted by Crippen LogP contribution is 2.66. The van der Waals surface area contributed by atoms with Gasteiger partial charge in [0.25, 0.3) is 0 Å². The molecular formula is C8H13F3. The molecule has 1 saturated carbocycles. The van der Waals surface area contributed by atoms with E-state index < -0.39 is 17.5 Å². The van der Waals surface area contributed by atoms with E-state index in [-0.39, 0.29) is 5.92 Å². The Morgan fingerprint density at radius 3 is 1.91 bits per heavy atom. The summed E-state index contributed by atoms with van der Waals surface area (Å²) >= 11 is 0. The summed E-state index contributed by atoms with van der Waals surface area (Å²) in [5, 5.41) is 0. The SMILES string of the molecule is CCC1(C)C(C)C1C(F)(F)F. The van der Waals surface area contributed by atoms with E-state index in [4.69, 9.17) is 0 Å². The van der Waals surface area contributed by atoms with Crippen molar-refractivity contribution in [2.24, 2.45) is 17.3 Å². The fourth-order valence-corrected chi connectivity index (χ4v) is 2.00. The quantitative estimate of drug-likeness (QED) is 0.561. The van der Waals surface area contributed by atoms with E-state index >= 15 is 0 Å². The molecule has 0 radical (unpaired) electrons. The number of hydrogen-bond donors (Lipinski definition) is 0. The zero-order valence-electron chi connectivity index (χ0n) is 7.00. The summed E-state index contributed by atoms with van der Waals surface area (Å²) in [5.74, 6) is -1.24. The molecule has 0 aromatic heterocycles. The molecule has 11 heavy (non-hydrogen) atoms. The smallest absolute Gasteiger partial charge is 0.171 e. The summed E-state index contributed by atoms with van der Waals surface area (Å²) in [6, 6.07) is 0. The summed E-state index contributed by atoms with van der Waals surface area (Å²) in [5.41, 5.74) is -0.474. The lowest BCUT2D eigenvalue weighted by atomic mass is 10.0. The van der Waals surface area contributed by atoms with Gasteiger partial charge in [-0.2, -0.15) is 13.2 Å². The zero-order chi connectivity index (χ0) is 8.86. The number of rotatable bonds is 1. The van der Waals surface area contributed by atoms with Crippen LogP contribution in [0.15, 0.2) is 0 Å². The molecule has 0 aromatic rings. The first-order chi connectivity index (χ1) is 4.84. The predicted molar refractivity (Wildman–Crippen MR) is 37.1 cm³/mol. The summed E-state index contributed by atoms with van der Waals surface area (Å²) < 4.78 is 36.5. The molecule has 0 N–H and O–H groups in total. The highest BCUT2D eigenvalue weighted by atomic mass is 19.4. The third-order valence-electron chi connectivity index (χ3n) is 3.26. The molecule has 1 rings (SSSR count). The van der Waals surface area contributed by atoms with Crippen LogP contribution in [0.4, 0.5) is 13.2 Å². The van der Waals surface area contributed by atoms with Gasteiger partial charge in [-0.3, -0.25) is 0 Å². The third kappa shape index (κ3) is 1.14. The maximum Gasteiger partial charge on any atom is 0.392 e. The van der Waals surface area contributed by atoms with Crippen molar-refractivity contribution in [3.63, 3.8) is 0 Å². The Hall–Kier alpha value is -0.210. The van der Waals surface area contributed by atoms with Crippen molar-refractivity contribution in [1.82, 2.24) is 0 Å². The largest absolute Gasteiger partial charge is 0.392 e.